The fourth-order valence-corrected chi connectivity index (χ4v) is 0.659. The standard InChI is InChI=1S/C6H8N2O/c1-2-3-5-7-4-6(9)8-5/h4H,2-3H2,1H3. The van der Waals surface area contributed by atoms with Crippen LogP contribution in [0.2, 0.25) is 0 Å². The van der Waals surface area contributed by atoms with Crippen molar-refractivity contribution >= 4 is 18.0 Å². The Morgan fingerprint density at radius 1 is 1.67 bits per heavy atom. The van der Waals surface area contributed by atoms with Crippen LogP contribution in [0.1, 0.15) is 19.8 Å². The normalized spacial score (nSPS) is 16.6. The summed E-state index contributed by atoms with van der Waals surface area (Å²) >= 11 is 0. The Morgan fingerprint density at radius 2 is 2.44 bits per heavy atom. The second-order valence-corrected chi connectivity index (χ2v) is 1.87. The fraction of sp³-hybridized carbons (Fsp3) is 0.500. The van der Waals surface area contributed by atoms with E-state index in [-0.39, 0.29) is 5.91 Å². The van der Waals surface area contributed by atoms with Gasteiger partial charge in [0.05, 0.1) is 6.21 Å². The van der Waals surface area contributed by atoms with Crippen molar-refractivity contribution < 1.29 is 4.79 Å². The lowest BCUT2D eigenvalue weighted by Crippen LogP contribution is -1.89. The summed E-state index contributed by atoms with van der Waals surface area (Å²) in [5, 5.41) is 0. The minimum Gasteiger partial charge on any atom is -0.266 e. The summed E-state index contributed by atoms with van der Waals surface area (Å²) in [6.07, 6.45) is 3.05. The summed E-state index contributed by atoms with van der Waals surface area (Å²) in [6, 6.07) is 0. The maximum atomic E-state index is 10.4. The quantitative estimate of drug-likeness (QED) is 0.536. The van der Waals surface area contributed by atoms with E-state index in [1.54, 1.807) is 0 Å². The molecule has 0 saturated heterocycles. The van der Waals surface area contributed by atoms with E-state index in [0.29, 0.717) is 5.84 Å². The van der Waals surface area contributed by atoms with Gasteiger partial charge in [-0.3, -0.25) is 4.79 Å². The zero-order valence-electron chi connectivity index (χ0n) is 5.29. The third-order valence-corrected chi connectivity index (χ3v) is 1.04. The maximum absolute atomic E-state index is 10.4. The monoisotopic (exact) mass is 124 g/mol. The van der Waals surface area contributed by atoms with E-state index in [2.05, 4.69) is 9.98 Å². The Hall–Kier alpha value is -0.990. The number of hydrogen-bond acceptors (Lipinski definition) is 2. The molecule has 0 aliphatic carbocycles. The van der Waals surface area contributed by atoms with Crippen molar-refractivity contribution in [2.24, 2.45) is 9.98 Å². The predicted molar refractivity (Wildman–Crippen MR) is 35.8 cm³/mol. The van der Waals surface area contributed by atoms with Gasteiger partial charge in [0.2, 0.25) is 0 Å². The molecule has 3 heteroatoms. The predicted octanol–water partition coefficient (Wildman–Crippen LogP) is 0.796. The third-order valence-electron chi connectivity index (χ3n) is 1.04. The molecule has 0 aromatic heterocycles. The van der Waals surface area contributed by atoms with Gasteiger partial charge in [-0.2, -0.15) is 4.99 Å². The molecule has 1 aliphatic heterocycles. The van der Waals surface area contributed by atoms with Crippen LogP contribution in [0.4, 0.5) is 0 Å². The molecule has 1 amide bonds. The van der Waals surface area contributed by atoms with Crippen molar-refractivity contribution in [2.45, 2.75) is 19.8 Å². The number of nitrogens with zero attached hydrogens (tertiary/aromatic N) is 2. The number of hydrogen-bond donors (Lipinski definition) is 0. The minimum atomic E-state index is -0.224. The van der Waals surface area contributed by atoms with Crippen LogP contribution in [0.15, 0.2) is 9.98 Å². The SMILES string of the molecule is CCCC1=NC(=O)C=N1. The molecule has 3 nitrogen and oxygen atoms in total. The molecule has 1 heterocycles. The summed E-state index contributed by atoms with van der Waals surface area (Å²) in [5.41, 5.74) is 0. The number of amides is 1. The molecule has 0 unspecified atom stereocenters. The van der Waals surface area contributed by atoms with E-state index in [1.807, 2.05) is 6.92 Å². The maximum Gasteiger partial charge on any atom is 0.289 e. The topological polar surface area (TPSA) is 41.8 Å². The highest BCUT2D eigenvalue weighted by Gasteiger charge is 2.05. The number of carbonyl (C=O) groups excluding carboxylic acids is 1. The van der Waals surface area contributed by atoms with Crippen molar-refractivity contribution in [3.8, 4) is 0 Å². The van der Waals surface area contributed by atoms with Crippen LogP contribution < -0.4 is 0 Å². The van der Waals surface area contributed by atoms with Gasteiger partial charge in [0.25, 0.3) is 5.91 Å². The van der Waals surface area contributed by atoms with Crippen molar-refractivity contribution in [3.05, 3.63) is 0 Å². The second-order valence-electron chi connectivity index (χ2n) is 1.87. The van der Waals surface area contributed by atoms with Crippen LogP contribution in [0.25, 0.3) is 0 Å². The molecule has 0 atom stereocenters. The van der Waals surface area contributed by atoms with E-state index < -0.39 is 0 Å². The molecule has 0 fully saturated rings. The van der Waals surface area contributed by atoms with Crippen LogP contribution in [0.3, 0.4) is 0 Å². The average molecular weight is 124 g/mol. The average Bonchev–Trinajstić information content (AvgIpc) is 2.17. The molecule has 0 N–H and O–H groups in total. The van der Waals surface area contributed by atoms with Crippen molar-refractivity contribution in [1.82, 2.24) is 0 Å². The van der Waals surface area contributed by atoms with Crippen LogP contribution >= 0.6 is 0 Å². The highest BCUT2D eigenvalue weighted by atomic mass is 16.1. The van der Waals surface area contributed by atoms with Gasteiger partial charge in [-0.05, 0) is 6.42 Å². The Balaban J connectivity index is 2.53. The van der Waals surface area contributed by atoms with Gasteiger partial charge in [-0.1, -0.05) is 6.92 Å². The zero-order chi connectivity index (χ0) is 6.69. The molecule has 0 aromatic carbocycles. The fourth-order valence-electron chi connectivity index (χ4n) is 0.659. The van der Waals surface area contributed by atoms with Gasteiger partial charge in [-0.25, -0.2) is 4.99 Å². The molecule has 1 rings (SSSR count). The first-order chi connectivity index (χ1) is 4.33. The molecular formula is C6H8N2O. The lowest BCUT2D eigenvalue weighted by atomic mass is 10.3. The lowest BCUT2D eigenvalue weighted by Gasteiger charge is -1.86. The van der Waals surface area contributed by atoms with Crippen LogP contribution in [0, 0.1) is 0 Å². The van der Waals surface area contributed by atoms with E-state index in [4.69, 9.17) is 0 Å². The lowest BCUT2D eigenvalue weighted by molar-refractivity contribution is -0.111. The molecule has 0 spiro atoms. The Morgan fingerprint density at radius 3 is 2.89 bits per heavy atom. The zero-order valence-corrected chi connectivity index (χ0v) is 5.29. The third kappa shape index (κ3) is 1.45. The summed E-state index contributed by atoms with van der Waals surface area (Å²) in [5.74, 6) is 0.445. The molecular weight excluding hydrogens is 116 g/mol. The van der Waals surface area contributed by atoms with Crippen LogP contribution in [0.5, 0.6) is 0 Å². The van der Waals surface area contributed by atoms with Crippen molar-refractivity contribution in [2.75, 3.05) is 0 Å². The van der Waals surface area contributed by atoms with Crippen molar-refractivity contribution in [1.29, 1.82) is 0 Å². The van der Waals surface area contributed by atoms with E-state index in [1.165, 1.54) is 6.21 Å². The van der Waals surface area contributed by atoms with Gasteiger partial charge < -0.3 is 0 Å². The van der Waals surface area contributed by atoms with Crippen molar-refractivity contribution in [3.63, 3.8) is 0 Å². The second kappa shape index (κ2) is 2.53. The van der Waals surface area contributed by atoms with E-state index >= 15 is 0 Å². The molecule has 1 aliphatic rings. The van der Waals surface area contributed by atoms with Gasteiger partial charge in [0.15, 0.2) is 0 Å². The molecule has 0 aromatic rings. The Bertz CT molecular complexity index is 181. The van der Waals surface area contributed by atoms with Gasteiger partial charge >= 0.3 is 0 Å². The molecule has 48 valence electrons. The van der Waals surface area contributed by atoms with Crippen LogP contribution in [-0.2, 0) is 4.79 Å². The largest absolute Gasteiger partial charge is 0.289 e. The van der Waals surface area contributed by atoms with E-state index in [0.717, 1.165) is 12.8 Å². The summed E-state index contributed by atoms with van der Waals surface area (Å²) in [6.45, 7) is 2.03. The Kier molecular flexibility index (Phi) is 1.72. The molecule has 0 bridgehead atoms. The van der Waals surface area contributed by atoms with Gasteiger partial charge in [-0.15, -0.1) is 0 Å². The highest BCUT2D eigenvalue weighted by molar-refractivity contribution is 6.34. The number of amidine groups is 1. The Labute approximate surface area is 53.5 Å². The highest BCUT2D eigenvalue weighted by Crippen LogP contribution is 1.98. The van der Waals surface area contributed by atoms with E-state index in [9.17, 15) is 4.79 Å². The minimum absolute atomic E-state index is 0.224. The molecule has 9 heavy (non-hydrogen) atoms. The summed E-state index contributed by atoms with van der Waals surface area (Å²) in [7, 11) is 0. The first-order valence-corrected chi connectivity index (χ1v) is 2.98. The smallest absolute Gasteiger partial charge is 0.266 e. The summed E-state index contributed by atoms with van der Waals surface area (Å²) < 4.78 is 0. The first-order valence-electron chi connectivity index (χ1n) is 2.98. The molecule has 0 radical (unpaired) electrons. The van der Waals surface area contributed by atoms with Gasteiger partial charge in [0.1, 0.15) is 5.84 Å². The summed E-state index contributed by atoms with van der Waals surface area (Å²) in [4.78, 5) is 17.8. The number of rotatable bonds is 2. The van der Waals surface area contributed by atoms with Gasteiger partial charge in [0, 0.05) is 6.42 Å². The van der Waals surface area contributed by atoms with Crippen LogP contribution in [-0.4, -0.2) is 18.0 Å². The number of aliphatic imine (C=N–C) groups is 2. The first kappa shape index (κ1) is 6.13. The number of carbonyl (C=O) groups is 1. The molecule has 0 saturated carbocycles.